The lowest BCUT2D eigenvalue weighted by Crippen LogP contribution is -2.50. The Hall–Kier alpha value is -2.08. The number of hydrogen-bond donors (Lipinski definition) is 2. The summed E-state index contributed by atoms with van der Waals surface area (Å²) in [5.74, 6) is 0.701. The summed E-state index contributed by atoms with van der Waals surface area (Å²) in [5, 5.41) is 16.4. The molecule has 1 unspecified atom stereocenters. The molecule has 0 spiro atoms. The lowest BCUT2D eigenvalue weighted by atomic mass is 10.0. The molecule has 3 N–H and O–H groups in total. The van der Waals surface area contributed by atoms with Gasteiger partial charge in [0.25, 0.3) is 0 Å². The molecule has 190 valence electrons. The number of aryl methyl sites for hydroxylation is 3. The van der Waals surface area contributed by atoms with Crippen molar-refractivity contribution in [1.29, 1.82) is 0 Å². The van der Waals surface area contributed by atoms with Crippen LogP contribution in [0.1, 0.15) is 26.9 Å². The Morgan fingerprint density at radius 3 is 2.43 bits per heavy atom. The third-order valence-corrected chi connectivity index (χ3v) is 8.59. The largest absolute Gasteiger partial charge is 0.491 e. The molecule has 0 bridgehead atoms. The van der Waals surface area contributed by atoms with E-state index in [-0.39, 0.29) is 6.61 Å². The molecular formula is C25H34N4O4S2. The molecule has 10 heteroatoms. The van der Waals surface area contributed by atoms with Crippen LogP contribution >= 0.6 is 11.3 Å². The van der Waals surface area contributed by atoms with Crippen LogP contribution in [-0.2, 0) is 10.0 Å². The standard InChI is InChI=1S/C25H34N4O4S2/c1-17-4-5-18(2)22(12-17)25(35(26,31)32)15-29-10-8-28(9-11-29)14-20(30)16-33-21-6-7-24-23(13-21)27-19(3)34-24/h4-7,12-13,20,25,30H,8-11,14-16H2,1-3H3,(H2,26,31,32)/t20-,25?/m1/s1. The quantitative estimate of drug-likeness (QED) is 0.448. The van der Waals surface area contributed by atoms with Gasteiger partial charge in [-0.2, -0.15) is 0 Å². The Morgan fingerprint density at radius 2 is 1.74 bits per heavy atom. The number of nitrogens with zero attached hydrogens (tertiary/aromatic N) is 3. The Bertz CT molecular complexity index is 1270. The molecule has 0 saturated carbocycles. The smallest absolute Gasteiger partial charge is 0.217 e. The molecule has 1 aliphatic heterocycles. The molecule has 0 aliphatic carbocycles. The first-order valence-corrected chi connectivity index (χ1v) is 14.2. The average Bonchev–Trinajstić information content (AvgIpc) is 3.17. The topological polar surface area (TPSA) is 109 Å². The molecule has 0 radical (unpaired) electrons. The summed E-state index contributed by atoms with van der Waals surface area (Å²) < 4.78 is 31.8. The van der Waals surface area contributed by atoms with Gasteiger partial charge in [0.05, 0.1) is 15.2 Å². The van der Waals surface area contributed by atoms with Crippen molar-refractivity contribution < 1.29 is 18.3 Å². The van der Waals surface area contributed by atoms with E-state index in [0.717, 1.165) is 45.0 Å². The van der Waals surface area contributed by atoms with Crippen LogP contribution in [0.25, 0.3) is 10.2 Å². The first-order chi connectivity index (χ1) is 16.6. The summed E-state index contributed by atoms with van der Waals surface area (Å²) in [7, 11) is -3.75. The van der Waals surface area contributed by atoms with E-state index in [9.17, 15) is 13.5 Å². The highest BCUT2D eigenvalue weighted by Gasteiger charge is 2.29. The number of rotatable bonds is 9. The van der Waals surface area contributed by atoms with Gasteiger partial charge in [0, 0.05) is 45.3 Å². The van der Waals surface area contributed by atoms with Gasteiger partial charge in [-0.1, -0.05) is 23.8 Å². The van der Waals surface area contributed by atoms with Crippen LogP contribution < -0.4 is 9.88 Å². The first-order valence-electron chi connectivity index (χ1n) is 11.8. The normalized spacial score (nSPS) is 17.5. The third-order valence-electron chi connectivity index (χ3n) is 6.44. The van der Waals surface area contributed by atoms with E-state index in [1.54, 1.807) is 11.3 Å². The Balaban J connectivity index is 1.27. The maximum absolute atomic E-state index is 12.4. The lowest BCUT2D eigenvalue weighted by Gasteiger charge is -2.37. The molecule has 8 nitrogen and oxygen atoms in total. The number of aliphatic hydroxyl groups is 1. The van der Waals surface area contributed by atoms with Crippen molar-refractivity contribution in [3.05, 3.63) is 58.1 Å². The van der Waals surface area contributed by atoms with Crippen LogP contribution in [-0.4, -0.2) is 80.3 Å². The van der Waals surface area contributed by atoms with E-state index in [0.29, 0.717) is 31.9 Å². The SMILES string of the molecule is Cc1ccc(C)c(C(CN2CCN(C[C@@H](O)COc3ccc4sc(C)nc4c3)CC2)S(N)(=O)=O)c1. The number of β-amino-alcohol motifs (C(OH)–C–C–N with tert-alkyl or cyclic N) is 1. The van der Waals surface area contributed by atoms with E-state index in [4.69, 9.17) is 9.88 Å². The average molecular weight is 519 g/mol. The number of piperazine rings is 1. The maximum atomic E-state index is 12.4. The number of aliphatic hydroxyl groups excluding tert-OH is 1. The fourth-order valence-corrected chi connectivity index (χ4v) is 6.36. The van der Waals surface area contributed by atoms with E-state index in [1.807, 2.05) is 57.2 Å². The number of benzene rings is 2. The zero-order chi connectivity index (χ0) is 25.2. The summed E-state index contributed by atoms with van der Waals surface area (Å²) >= 11 is 1.65. The molecule has 1 saturated heterocycles. The summed E-state index contributed by atoms with van der Waals surface area (Å²) in [4.78, 5) is 8.81. The van der Waals surface area contributed by atoms with Gasteiger partial charge in [0.2, 0.25) is 10.0 Å². The van der Waals surface area contributed by atoms with Gasteiger partial charge in [-0.15, -0.1) is 11.3 Å². The second kappa shape index (κ2) is 10.9. The number of aromatic nitrogens is 1. The van der Waals surface area contributed by atoms with Gasteiger partial charge in [-0.25, -0.2) is 18.5 Å². The van der Waals surface area contributed by atoms with Gasteiger partial charge in [0.1, 0.15) is 23.7 Å². The molecule has 1 fully saturated rings. The maximum Gasteiger partial charge on any atom is 0.217 e. The molecule has 4 rings (SSSR count). The van der Waals surface area contributed by atoms with Crippen molar-refractivity contribution >= 4 is 31.6 Å². The van der Waals surface area contributed by atoms with Crippen molar-refractivity contribution in [3.63, 3.8) is 0 Å². The van der Waals surface area contributed by atoms with E-state index >= 15 is 0 Å². The van der Waals surface area contributed by atoms with Crippen LogP contribution in [0, 0.1) is 20.8 Å². The monoisotopic (exact) mass is 518 g/mol. The van der Waals surface area contributed by atoms with Crippen LogP contribution in [0.2, 0.25) is 0 Å². The zero-order valence-corrected chi connectivity index (χ0v) is 22.1. The number of fused-ring (bicyclic) bond motifs is 1. The van der Waals surface area contributed by atoms with Gasteiger partial charge in [-0.3, -0.25) is 9.80 Å². The molecule has 1 aliphatic rings. The third kappa shape index (κ3) is 6.78. The predicted molar refractivity (Wildman–Crippen MR) is 141 cm³/mol. The van der Waals surface area contributed by atoms with Crippen LogP contribution in [0.4, 0.5) is 0 Å². The van der Waals surface area contributed by atoms with Crippen molar-refractivity contribution in [2.45, 2.75) is 32.1 Å². The van der Waals surface area contributed by atoms with Crippen molar-refractivity contribution in [2.24, 2.45) is 5.14 Å². The van der Waals surface area contributed by atoms with Gasteiger partial charge in [0.15, 0.2) is 0 Å². The van der Waals surface area contributed by atoms with Gasteiger partial charge >= 0.3 is 0 Å². The second-order valence-electron chi connectivity index (χ2n) is 9.37. The minimum Gasteiger partial charge on any atom is -0.491 e. The van der Waals surface area contributed by atoms with Crippen molar-refractivity contribution in [2.75, 3.05) is 45.9 Å². The van der Waals surface area contributed by atoms with Crippen LogP contribution in [0.5, 0.6) is 5.75 Å². The molecule has 2 aromatic carbocycles. The van der Waals surface area contributed by atoms with Crippen LogP contribution in [0.15, 0.2) is 36.4 Å². The fourth-order valence-electron chi connectivity index (χ4n) is 4.53. The summed E-state index contributed by atoms with van der Waals surface area (Å²) in [6, 6.07) is 11.6. The highest BCUT2D eigenvalue weighted by Crippen LogP contribution is 2.27. The number of ether oxygens (including phenoxy) is 1. The molecular weight excluding hydrogens is 484 g/mol. The van der Waals surface area contributed by atoms with E-state index in [2.05, 4.69) is 14.8 Å². The zero-order valence-electron chi connectivity index (χ0n) is 20.5. The van der Waals surface area contributed by atoms with E-state index < -0.39 is 21.4 Å². The molecule has 0 amide bonds. The number of nitrogens with two attached hydrogens (primary N) is 1. The van der Waals surface area contributed by atoms with E-state index in [1.165, 1.54) is 0 Å². The summed E-state index contributed by atoms with van der Waals surface area (Å²) in [5.41, 5.74) is 3.63. The second-order valence-corrected chi connectivity index (χ2v) is 12.3. The minimum absolute atomic E-state index is 0.203. The van der Waals surface area contributed by atoms with Gasteiger partial charge in [-0.05, 0) is 44.0 Å². The molecule has 2 atom stereocenters. The molecule has 35 heavy (non-hydrogen) atoms. The first kappa shape index (κ1) is 26.0. The van der Waals surface area contributed by atoms with Gasteiger partial charge < -0.3 is 9.84 Å². The molecule has 2 heterocycles. The minimum atomic E-state index is -3.75. The number of hydrogen-bond acceptors (Lipinski definition) is 8. The molecule has 3 aromatic rings. The Kier molecular flexibility index (Phi) is 8.09. The summed E-state index contributed by atoms with van der Waals surface area (Å²) in [6.07, 6.45) is -0.624. The Labute approximate surface area is 211 Å². The van der Waals surface area contributed by atoms with Crippen molar-refractivity contribution in [1.82, 2.24) is 14.8 Å². The summed E-state index contributed by atoms with van der Waals surface area (Å²) in [6.45, 7) is 9.83. The lowest BCUT2D eigenvalue weighted by molar-refractivity contribution is 0.0461. The molecule has 1 aromatic heterocycles. The predicted octanol–water partition coefficient (Wildman–Crippen LogP) is 2.61. The fraction of sp³-hybridized carbons (Fsp3) is 0.480. The number of sulfonamides is 1. The Morgan fingerprint density at radius 1 is 1.06 bits per heavy atom. The highest BCUT2D eigenvalue weighted by atomic mass is 32.2. The number of primary sulfonamides is 1. The highest BCUT2D eigenvalue weighted by molar-refractivity contribution is 7.89. The number of thiazole rings is 1. The van der Waals surface area contributed by atoms with Crippen molar-refractivity contribution in [3.8, 4) is 5.75 Å². The van der Waals surface area contributed by atoms with Crippen LogP contribution in [0.3, 0.4) is 0 Å².